The van der Waals surface area contributed by atoms with E-state index in [1.807, 2.05) is 0 Å². The molecule has 0 aliphatic carbocycles. The lowest BCUT2D eigenvalue weighted by Crippen LogP contribution is -2.16. The summed E-state index contributed by atoms with van der Waals surface area (Å²) in [5.74, 6) is 1.08. The van der Waals surface area contributed by atoms with Crippen LogP contribution in [0.1, 0.15) is 12.8 Å². The first-order chi connectivity index (χ1) is 14.9. The van der Waals surface area contributed by atoms with E-state index < -0.39 is 16.1 Å². The number of nitro benzene ring substituents is 1. The Hall–Kier alpha value is -3.60. The third-order valence-electron chi connectivity index (χ3n) is 4.14. The molecule has 0 spiro atoms. The molecule has 0 aliphatic rings. The molecule has 0 N–H and O–H groups in total. The van der Waals surface area contributed by atoms with Crippen molar-refractivity contribution in [2.45, 2.75) is 23.7 Å². The van der Waals surface area contributed by atoms with Gasteiger partial charge >= 0.3 is 5.97 Å². The highest BCUT2D eigenvalue weighted by atomic mass is 32.2. The molecule has 3 rings (SSSR count). The zero-order valence-corrected chi connectivity index (χ0v) is 17.8. The van der Waals surface area contributed by atoms with Crippen LogP contribution in [0.3, 0.4) is 0 Å². The first kappa shape index (κ1) is 22.1. The number of nitro groups is 1. The van der Waals surface area contributed by atoms with E-state index in [2.05, 4.69) is 10.1 Å². The fourth-order valence-corrected chi connectivity index (χ4v) is 3.42. The number of hydrogen-bond donors (Lipinski definition) is 0. The van der Waals surface area contributed by atoms with E-state index >= 15 is 0 Å². The van der Waals surface area contributed by atoms with E-state index in [-0.39, 0.29) is 18.2 Å². The van der Waals surface area contributed by atoms with Gasteiger partial charge in [-0.15, -0.1) is 11.8 Å². The standard InChI is InChI=1S/C20H19N3O7S/c1-12(31-15-7-5-14(6-8-15)23(25)26)20(24)29-11-18-21-19(22-30-18)13-4-9-16(27-2)17(10-13)28-3/h4-10,12H,11H2,1-3H3. The van der Waals surface area contributed by atoms with Crippen LogP contribution in [0.15, 0.2) is 51.9 Å². The largest absolute Gasteiger partial charge is 0.493 e. The van der Waals surface area contributed by atoms with Crippen LogP contribution in [0.4, 0.5) is 5.69 Å². The number of carbonyl (C=O) groups excluding carboxylic acids is 1. The van der Waals surface area contributed by atoms with Gasteiger partial charge in [0.15, 0.2) is 18.1 Å². The number of rotatable bonds is 9. The van der Waals surface area contributed by atoms with Gasteiger partial charge in [0, 0.05) is 22.6 Å². The molecule has 0 fully saturated rings. The maximum atomic E-state index is 12.3. The first-order valence-electron chi connectivity index (χ1n) is 9.04. The summed E-state index contributed by atoms with van der Waals surface area (Å²) in [5.41, 5.74) is 0.641. The zero-order valence-electron chi connectivity index (χ0n) is 16.9. The number of benzene rings is 2. The number of carbonyl (C=O) groups is 1. The Labute approximate surface area is 181 Å². The van der Waals surface area contributed by atoms with Crippen molar-refractivity contribution in [2.24, 2.45) is 0 Å². The molecule has 0 saturated carbocycles. The van der Waals surface area contributed by atoms with Gasteiger partial charge in [-0.3, -0.25) is 14.9 Å². The highest BCUT2D eigenvalue weighted by molar-refractivity contribution is 8.00. The van der Waals surface area contributed by atoms with Gasteiger partial charge in [-0.1, -0.05) is 5.16 Å². The number of nitrogens with zero attached hydrogens (tertiary/aromatic N) is 3. The van der Waals surface area contributed by atoms with Gasteiger partial charge in [-0.05, 0) is 37.3 Å². The molecule has 0 bridgehead atoms. The van der Waals surface area contributed by atoms with Gasteiger partial charge in [0.05, 0.1) is 19.1 Å². The van der Waals surface area contributed by atoms with Crippen LogP contribution >= 0.6 is 11.8 Å². The molecule has 0 aliphatic heterocycles. The Morgan fingerprint density at radius 1 is 1.16 bits per heavy atom. The minimum absolute atomic E-state index is 0.0127. The summed E-state index contributed by atoms with van der Waals surface area (Å²) in [5, 5.41) is 14.1. The fourth-order valence-electron chi connectivity index (χ4n) is 2.55. The molecule has 0 radical (unpaired) electrons. The molecule has 1 heterocycles. The number of methoxy groups -OCH3 is 2. The molecule has 0 amide bonds. The Kier molecular flexibility index (Phi) is 7.08. The molecule has 162 valence electrons. The average Bonchev–Trinajstić information content (AvgIpc) is 3.26. The number of ether oxygens (including phenoxy) is 3. The van der Waals surface area contributed by atoms with Gasteiger partial charge in [0.25, 0.3) is 11.6 Å². The minimum atomic E-state index is -0.533. The highest BCUT2D eigenvalue weighted by Crippen LogP contribution is 2.31. The predicted octanol–water partition coefficient (Wildman–Crippen LogP) is 3.89. The van der Waals surface area contributed by atoms with Gasteiger partial charge in [-0.2, -0.15) is 4.98 Å². The van der Waals surface area contributed by atoms with E-state index in [4.69, 9.17) is 18.7 Å². The third kappa shape index (κ3) is 5.51. The van der Waals surface area contributed by atoms with Crippen LogP contribution in [0.5, 0.6) is 11.5 Å². The lowest BCUT2D eigenvalue weighted by molar-refractivity contribution is -0.384. The lowest BCUT2D eigenvalue weighted by Gasteiger charge is -2.09. The second-order valence-corrected chi connectivity index (χ2v) is 7.61. The summed E-state index contributed by atoms with van der Waals surface area (Å²) in [4.78, 5) is 27.4. The highest BCUT2D eigenvalue weighted by Gasteiger charge is 2.19. The molecule has 10 nitrogen and oxygen atoms in total. The maximum absolute atomic E-state index is 12.3. The molecule has 11 heteroatoms. The van der Waals surface area contributed by atoms with E-state index in [0.29, 0.717) is 27.8 Å². The third-order valence-corrected chi connectivity index (χ3v) is 5.23. The summed E-state index contributed by atoms with van der Waals surface area (Å²) in [6.07, 6.45) is 0. The number of hydrogen-bond acceptors (Lipinski definition) is 10. The van der Waals surface area contributed by atoms with Crippen molar-refractivity contribution in [1.82, 2.24) is 10.1 Å². The topological polar surface area (TPSA) is 127 Å². The van der Waals surface area contributed by atoms with Crippen LogP contribution in [0, 0.1) is 10.1 Å². The normalized spacial score (nSPS) is 11.6. The summed E-state index contributed by atoms with van der Waals surface area (Å²) in [6, 6.07) is 11.1. The quantitative estimate of drug-likeness (QED) is 0.207. The molecular weight excluding hydrogens is 426 g/mol. The average molecular weight is 445 g/mol. The SMILES string of the molecule is COc1ccc(-c2noc(COC(=O)C(C)Sc3ccc([N+](=O)[O-])cc3)n2)cc1OC. The monoisotopic (exact) mass is 445 g/mol. The number of aromatic nitrogens is 2. The van der Waals surface area contributed by atoms with E-state index in [0.717, 1.165) is 0 Å². The van der Waals surface area contributed by atoms with Gasteiger partial charge < -0.3 is 18.7 Å². The first-order valence-corrected chi connectivity index (χ1v) is 9.92. The second kappa shape index (κ2) is 9.94. The van der Waals surface area contributed by atoms with Crippen LogP contribution < -0.4 is 9.47 Å². The van der Waals surface area contributed by atoms with Gasteiger partial charge in [-0.25, -0.2) is 0 Å². The Balaban J connectivity index is 1.57. The van der Waals surface area contributed by atoms with Crippen molar-refractivity contribution in [1.29, 1.82) is 0 Å². The van der Waals surface area contributed by atoms with Crippen molar-refractivity contribution in [3.8, 4) is 22.9 Å². The van der Waals surface area contributed by atoms with Crippen LogP contribution in [0.25, 0.3) is 11.4 Å². The predicted molar refractivity (Wildman–Crippen MR) is 111 cm³/mol. The van der Waals surface area contributed by atoms with Crippen LogP contribution in [-0.2, 0) is 16.1 Å². The van der Waals surface area contributed by atoms with E-state index in [1.165, 1.54) is 31.0 Å². The fraction of sp³-hybridized carbons (Fsp3) is 0.250. The summed E-state index contributed by atoms with van der Waals surface area (Å²) in [6.45, 7) is 1.50. The van der Waals surface area contributed by atoms with E-state index in [9.17, 15) is 14.9 Å². The minimum Gasteiger partial charge on any atom is -0.493 e. The molecule has 3 aromatic rings. The summed E-state index contributed by atoms with van der Waals surface area (Å²) < 4.78 is 20.9. The molecule has 1 aromatic heterocycles. The molecule has 1 unspecified atom stereocenters. The zero-order chi connectivity index (χ0) is 22.4. The Morgan fingerprint density at radius 2 is 1.87 bits per heavy atom. The molecular formula is C20H19N3O7S. The lowest BCUT2D eigenvalue weighted by atomic mass is 10.2. The number of thioether (sulfide) groups is 1. The molecule has 0 saturated heterocycles. The van der Waals surface area contributed by atoms with Crippen LogP contribution in [0.2, 0.25) is 0 Å². The van der Waals surface area contributed by atoms with Crippen molar-refractivity contribution in [2.75, 3.05) is 14.2 Å². The van der Waals surface area contributed by atoms with Crippen molar-refractivity contribution < 1.29 is 28.5 Å². The van der Waals surface area contributed by atoms with Crippen molar-refractivity contribution >= 4 is 23.4 Å². The number of esters is 1. The Bertz CT molecular complexity index is 1070. The van der Waals surface area contributed by atoms with E-state index in [1.54, 1.807) is 44.4 Å². The Morgan fingerprint density at radius 3 is 2.52 bits per heavy atom. The smallest absolute Gasteiger partial charge is 0.319 e. The maximum Gasteiger partial charge on any atom is 0.319 e. The van der Waals surface area contributed by atoms with Crippen molar-refractivity contribution in [3.63, 3.8) is 0 Å². The van der Waals surface area contributed by atoms with Gasteiger partial charge in [0.2, 0.25) is 5.82 Å². The summed E-state index contributed by atoms with van der Waals surface area (Å²) >= 11 is 1.23. The van der Waals surface area contributed by atoms with Crippen LogP contribution in [-0.4, -0.2) is 40.5 Å². The molecule has 31 heavy (non-hydrogen) atoms. The molecule has 1 atom stereocenters. The van der Waals surface area contributed by atoms with Crippen molar-refractivity contribution in [3.05, 3.63) is 58.5 Å². The van der Waals surface area contributed by atoms with Gasteiger partial charge in [0.1, 0.15) is 5.25 Å². The number of non-ortho nitro benzene ring substituents is 1. The summed E-state index contributed by atoms with van der Waals surface area (Å²) in [7, 11) is 3.07. The second-order valence-electron chi connectivity index (χ2n) is 6.20. The molecule has 2 aromatic carbocycles.